The molecule has 1 N–H and O–H groups in total. The third kappa shape index (κ3) is 3.90. The van der Waals surface area contributed by atoms with E-state index >= 15 is 0 Å². The highest BCUT2D eigenvalue weighted by Gasteiger charge is 2.18. The molecule has 0 bridgehead atoms. The van der Waals surface area contributed by atoms with Crippen LogP contribution >= 0.6 is 23.4 Å². The third-order valence-corrected chi connectivity index (χ3v) is 4.71. The van der Waals surface area contributed by atoms with Gasteiger partial charge in [-0.05, 0) is 42.7 Å². The summed E-state index contributed by atoms with van der Waals surface area (Å²) in [5, 5.41) is 4.60. The summed E-state index contributed by atoms with van der Waals surface area (Å²) in [6, 6.07) is 9.34. The average Bonchev–Trinajstić information content (AvgIpc) is 2.37. The second-order valence-corrected chi connectivity index (χ2v) is 6.18. The lowest BCUT2D eigenvalue weighted by Crippen LogP contribution is -2.36. The average molecular weight is 270 g/mol. The first kappa shape index (κ1) is 13.3. The standard InChI is InChI=1S/C14H20ClNS/c1-2-14(11-5-3-6-12(15)9-11)16-13-7-4-8-17-10-13/h3,5-6,9,13-14,16H,2,4,7-8,10H2,1H3. The molecule has 3 heteroatoms. The Bertz CT molecular complexity index is 350. The van der Waals surface area contributed by atoms with Crippen LogP contribution in [0, 0.1) is 0 Å². The summed E-state index contributed by atoms with van der Waals surface area (Å²) in [5.74, 6) is 2.57. The van der Waals surface area contributed by atoms with Gasteiger partial charge in [0.25, 0.3) is 0 Å². The summed E-state index contributed by atoms with van der Waals surface area (Å²) in [7, 11) is 0. The Morgan fingerprint density at radius 2 is 2.41 bits per heavy atom. The maximum absolute atomic E-state index is 6.06. The summed E-state index contributed by atoms with van der Waals surface area (Å²) in [4.78, 5) is 0. The minimum atomic E-state index is 0.442. The maximum Gasteiger partial charge on any atom is 0.0409 e. The van der Waals surface area contributed by atoms with Gasteiger partial charge >= 0.3 is 0 Å². The van der Waals surface area contributed by atoms with Gasteiger partial charge in [-0.3, -0.25) is 0 Å². The van der Waals surface area contributed by atoms with Crippen molar-refractivity contribution in [3.05, 3.63) is 34.9 Å². The monoisotopic (exact) mass is 269 g/mol. The highest BCUT2D eigenvalue weighted by molar-refractivity contribution is 7.99. The molecule has 0 aliphatic carbocycles. The highest BCUT2D eigenvalue weighted by Crippen LogP contribution is 2.24. The predicted molar refractivity (Wildman–Crippen MR) is 78.0 cm³/mol. The van der Waals surface area contributed by atoms with Gasteiger partial charge in [0, 0.05) is 22.9 Å². The van der Waals surface area contributed by atoms with Crippen LogP contribution in [0.25, 0.3) is 0 Å². The zero-order valence-electron chi connectivity index (χ0n) is 10.3. The largest absolute Gasteiger partial charge is 0.306 e. The Hall–Kier alpha value is -0.180. The Balaban J connectivity index is 2.00. The highest BCUT2D eigenvalue weighted by atomic mass is 35.5. The predicted octanol–water partition coefficient (Wildman–Crippen LogP) is 4.28. The van der Waals surface area contributed by atoms with E-state index in [9.17, 15) is 0 Å². The molecule has 1 aliphatic rings. The topological polar surface area (TPSA) is 12.0 Å². The van der Waals surface area contributed by atoms with E-state index < -0.39 is 0 Å². The Morgan fingerprint density at radius 1 is 1.53 bits per heavy atom. The van der Waals surface area contributed by atoms with E-state index in [-0.39, 0.29) is 0 Å². The molecule has 2 unspecified atom stereocenters. The molecule has 2 rings (SSSR count). The van der Waals surface area contributed by atoms with Gasteiger partial charge in [-0.25, -0.2) is 0 Å². The van der Waals surface area contributed by atoms with Crippen LogP contribution in [-0.4, -0.2) is 17.5 Å². The Morgan fingerprint density at radius 3 is 3.06 bits per heavy atom. The lowest BCUT2D eigenvalue weighted by Gasteiger charge is -2.28. The molecular weight excluding hydrogens is 250 g/mol. The summed E-state index contributed by atoms with van der Waals surface area (Å²) < 4.78 is 0. The number of thioether (sulfide) groups is 1. The summed E-state index contributed by atoms with van der Waals surface area (Å²) in [5.41, 5.74) is 1.32. The smallest absolute Gasteiger partial charge is 0.0409 e. The first-order valence-electron chi connectivity index (χ1n) is 6.39. The van der Waals surface area contributed by atoms with Crippen LogP contribution in [0.1, 0.15) is 37.8 Å². The van der Waals surface area contributed by atoms with Crippen molar-refractivity contribution in [3.63, 3.8) is 0 Å². The van der Waals surface area contributed by atoms with Gasteiger partial charge in [0.2, 0.25) is 0 Å². The second-order valence-electron chi connectivity index (χ2n) is 4.60. The number of hydrogen-bond donors (Lipinski definition) is 1. The quantitative estimate of drug-likeness (QED) is 0.876. The number of halogens is 1. The molecule has 1 heterocycles. The van der Waals surface area contributed by atoms with Crippen LogP contribution < -0.4 is 5.32 Å². The van der Waals surface area contributed by atoms with E-state index in [4.69, 9.17) is 11.6 Å². The van der Waals surface area contributed by atoms with Crippen molar-refractivity contribution in [2.24, 2.45) is 0 Å². The van der Waals surface area contributed by atoms with Gasteiger partial charge in [-0.2, -0.15) is 11.8 Å². The van der Waals surface area contributed by atoms with Gasteiger partial charge in [-0.15, -0.1) is 0 Å². The van der Waals surface area contributed by atoms with Crippen LogP contribution in [0.5, 0.6) is 0 Å². The number of nitrogens with one attached hydrogen (secondary N) is 1. The van der Waals surface area contributed by atoms with Crippen molar-refractivity contribution in [1.29, 1.82) is 0 Å². The zero-order chi connectivity index (χ0) is 12.1. The van der Waals surface area contributed by atoms with Crippen molar-refractivity contribution < 1.29 is 0 Å². The molecule has 0 spiro atoms. The zero-order valence-corrected chi connectivity index (χ0v) is 11.9. The molecule has 0 amide bonds. The van der Waals surface area contributed by atoms with Gasteiger partial charge in [-0.1, -0.05) is 30.7 Å². The van der Waals surface area contributed by atoms with Gasteiger partial charge in [0.1, 0.15) is 0 Å². The van der Waals surface area contributed by atoms with Gasteiger partial charge in [0.15, 0.2) is 0 Å². The molecule has 2 atom stereocenters. The fraction of sp³-hybridized carbons (Fsp3) is 0.571. The van der Waals surface area contributed by atoms with Crippen LogP contribution in [0.2, 0.25) is 5.02 Å². The molecule has 1 saturated heterocycles. The number of hydrogen-bond acceptors (Lipinski definition) is 2. The minimum Gasteiger partial charge on any atom is -0.306 e. The van der Waals surface area contributed by atoms with Crippen LogP contribution in [0.3, 0.4) is 0 Å². The third-order valence-electron chi connectivity index (χ3n) is 3.26. The van der Waals surface area contributed by atoms with E-state index in [1.807, 2.05) is 12.1 Å². The molecule has 1 aromatic carbocycles. The Labute approximate surface area is 113 Å². The molecule has 0 saturated carbocycles. The summed E-state index contributed by atoms with van der Waals surface area (Å²) >= 11 is 8.12. The van der Waals surface area contributed by atoms with Gasteiger partial charge in [0.05, 0.1) is 0 Å². The Kier molecular flexibility index (Phi) is 5.20. The van der Waals surface area contributed by atoms with E-state index in [1.165, 1.54) is 29.9 Å². The van der Waals surface area contributed by atoms with Crippen molar-refractivity contribution in [3.8, 4) is 0 Å². The van der Waals surface area contributed by atoms with Crippen molar-refractivity contribution >= 4 is 23.4 Å². The number of benzene rings is 1. The van der Waals surface area contributed by atoms with Crippen molar-refractivity contribution in [2.75, 3.05) is 11.5 Å². The molecular formula is C14H20ClNS. The molecule has 0 aromatic heterocycles. The fourth-order valence-electron chi connectivity index (χ4n) is 2.33. The first-order chi connectivity index (χ1) is 8.29. The van der Waals surface area contributed by atoms with Crippen LogP contribution in [0.4, 0.5) is 0 Å². The molecule has 0 radical (unpaired) electrons. The SMILES string of the molecule is CCC(NC1CCCSC1)c1cccc(Cl)c1. The first-order valence-corrected chi connectivity index (χ1v) is 7.92. The lowest BCUT2D eigenvalue weighted by molar-refractivity contribution is 0.425. The van der Waals surface area contributed by atoms with Crippen molar-refractivity contribution in [2.45, 2.75) is 38.3 Å². The lowest BCUT2D eigenvalue weighted by atomic mass is 10.0. The van der Waals surface area contributed by atoms with E-state index in [0.29, 0.717) is 12.1 Å². The molecule has 1 nitrogen and oxygen atoms in total. The minimum absolute atomic E-state index is 0.442. The van der Waals surface area contributed by atoms with E-state index in [1.54, 1.807) is 0 Å². The molecule has 17 heavy (non-hydrogen) atoms. The summed E-state index contributed by atoms with van der Waals surface area (Å²) in [6.07, 6.45) is 3.76. The number of rotatable bonds is 4. The fourth-order valence-corrected chi connectivity index (χ4v) is 3.61. The van der Waals surface area contributed by atoms with E-state index in [2.05, 4.69) is 36.1 Å². The summed E-state index contributed by atoms with van der Waals surface area (Å²) in [6.45, 7) is 2.23. The van der Waals surface area contributed by atoms with E-state index in [0.717, 1.165) is 11.4 Å². The molecule has 1 aromatic rings. The molecule has 1 fully saturated rings. The van der Waals surface area contributed by atoms with Crippen molar-refractivity contribution in [1.82, 2.24) is 5.32 Å². The maximum atomic E-state index is 6.06. The molecule has 1 aliphatic heterocycles. The van der Waals surface area contributed by atoms with Crippen LogP contribution in [-0.2, 0) is 0 Å². The molecule has 94 valence electrons. The normalized spacial score (nSPS) is 22.4. The van der Waals surface area contributed by atoms with Gasteiger partial charge < -0.3 is 5.32 Å². The van der Waals surface area contributed by atoms with Crippen LogP contribution in [0.15, 0.2) is 24.3 Å². The second kappa shape index (κ2) is 6.67.